The molecular formula is C23H28N2O3. The van der Waals surface area contributed by atoms with E-state index in [2.05, 4.69) is 19.1 Å². The second-order valence-corrected chi connectivity index (χ2v) is 8.23. The molecule has 1 heterocycles. The summed E-state index contributed by atoms with van der Waals surface area (Å²) in [4.78, 5) is 41.7. The van der Waals surface area contributed by atoms with E-state index in [-0.39, 0.29) is 54.4 Å². The molecular weight excluding hydrogens is 352 g/mol. The number of allylic oxidation sites excluding steroid dienone is 2. The molecule has 0 N–H and O–H groups in total. The van der Waals surface area contributed by atoms with Crippen LogP contribution in [-0.2, 0) is 20.9 Å². The van der Waals surface area contributed by atoms with Crippen LogP contribution < -0.4 is 0 Å². The zero-order valence-corrected chi connectivity index (χ0v) is 16.4. The Hall–Kier alpha value is -2.43. The van der Waals surface area contributed by atoms with Crippen molar-refractivity contribution in [3.8, 4) is 0 Å². The molecule has 0 radical (unpaired) electrons. The topological polar surface area (TPSA) is 57.7 Å². The van der Waals surface area contributed by atoms with E-state index in [4.69, 9.17) is 0 Å². The van der Waals surface area contributed by atoms with Gasteiger partial charge in [0.05, 0.1) is 11.8 Å². The lowest BCUT2D eigenvalue weighted by molar-refractivity contribution is -0.141. The molecule has 3 amide bonds. The summed E-state index contributed by atoms with van der Waals surface area (Å²) in [7, 11) is 0. The Morgan fingerprint density at radius 3 is 2.32 bits per heavy atom. The summed E-state index contributed by atoms with van der Waals surface area (Å²) in [5, 5.41) is 0. The number of rotatable bonds is 8. The maximum Gasteiger partial charge on any atom is 0.233 e. The van der Waals surface area contributed by atoms with E-state index in [1.54, 1.807) is 0 Å². The molecule has 4 rings (SSSR count). The Bertz CT molecular complexity index is 758. The van der Waals surface area contributed by atoms with Crippen molar-refractivity contribution in [3.63, 3.8) is 0 Å². The Balaban J connectivity index is 1.38. The van der Waals surface area contributed by atoms with Crippen molar-refractivity contribution in [3.05, 3.63) is 48.0 Å². The van der Waals surface area contributed by atoms with E-state index < -0.39 is 0 Å². The van der Waals surface area contributed by atoms with Crippen LogP contribution in [-0.4, -0.2) is 40.6 Å². The molecule has 2 aliphatic carbocycles. The first-order valence-electron chi connectivity index (χ1n) is 10.5. The number of carbonyl (C=O) groups is 3. The SMILES string of the molecule is CCCCN(Cc1ccccc1)C(=O)CCN1C(=O)[C@H]2[C@H](C1=O)[C@H]1C=C[C@H]2C1. The number of likely N-dealkylation sites (tertiary alicyclic amines) is 1. The molecule has 4 atom stereocenters. The van der Waals surface area contributed by atoms with Crippen molar-refractivity contribution in [2.24, 2.45) is 23.7 Å². The summed E-state index contributed by atoms with van der Waals surface area (Å²) in [5.74, 6) is -0.0597. The zero-order chi connectivity index (χ0) is 19.7. The highest BCUT2D eigenvalue weighted by molar-refractivity contribution is 6.06. The predicted octanol–water partition coefficient (Wildman–Crippen LogP) is 3.01. The summed E-state index contributed by atoms with van der Waals surface area (Å²) in [5.41, 5.74) is 1.09. The molecule has 0 spiro atoms. The van der Waals surface area contributed by atoms with Gasteiger partial charge in [-0.05, 0) is 30.2 Å². The average molecular weight is 380 g/mol. The lowest BCUT2D eigenvalue weighted by atomic mass is 9.85. The van der Waals surface area contributed by atoms with Gasteiger partial charge in [-0.15, -0.1) is 0 Å². The van der Waals surface area contributed by atoms with E-state index >= 15 is 0 Å². The van der Waals surface area contributed by atoms with Gasteiger partial charge in [0.15, 0.2) is 0 Å². The first-order valence-corrected chi connectivity index (χ1v) is 10.5. The summed E-state index contributed by atoms with van der Waals surface area (Å²) in [6, 6.07) is 9.94. The molecule has 148 valence electrons. The smallest absolute Gasteiger partial charge is 0.233 e. The van der Waals surface area contributed by atoms with E-state index in [1.807, 2.05) is 35.2 Å². The lowest BCUT2D eigenvalue weighted by Gasteiger charge is -2.24. The quantitative estimate of drug-likeness (QED) is 0.515. The summed E-state index contributed by atoms with van der Waals surface area (Å²) >= 11 is 0. The Kier molecular flexibility index (Phi) is 5.33. The summed E-state index contributed by atoms with van der Waals surface area (Å²) in [6.07, 6.45) is 7.29. The number of unbranched alkanes of at least 4 members (excludes halogenated alkanes) is 1. The number of fused-ring (bicyclic) bond motifs is 5. The highest BCUT2D eigenvalue weighted by Gasteiger charge is 2.59. The molecule has 28 heavy (non-hydrogen) atoms. The molecule has 2 bridgehead atoms. The minimum Gasteiger partial charge on any atom is -0.338 e. The fourth-order valence-electron chi connectivity index (χ4n) is 4.99. The summed E-state index contributed by atoms with van der Waals surface area (Å²) in [6.45, 7) is 3.58. The first-order chi connectivity index (χ1) is 13.6. The van der Waals surface area contributed by atoms with Crippen molar-refractivity contribution < 1.29 is 14.4 Å². The Labute approximate surface area is 166 Å². The molecule has 0 aromatic heterocycles. The molecule has 1 aromatic rings. The third kappa shape index (κ3) is 3.38. The van der Waals surface area contributed by atoms with E-state index in [0.29, 0.717) is 13.1 Å². The van der Waals surface area contributed by atoms with Crippen LogP contribution in [0.25, 0.3) is 0 Å². The molecule has 0 unspecified atom stereocenters. The van der Waals surface area contributed by atoms with E-state index in [0.717, 1.165) is 24.8 Å². The summed E-state index contributed by atoms with van der Waals surface area (Å²) < 4.78 is 0. The van der Waals surface area contributed by atoms with Crippen molar-refractivity contribution >= 4 is 17.7 Å². The minimum atomic E-state index is -0.182. The maximum atomic E-state index is 12.9. The molecule has 1 aliphatic heterocycles. The van der Waals surface area contributed by atoms with Gasteiger partial charge in [-0.25, -0.2) is 0 Å². The molecule has 1 aromatic carbocycles. The zero-order valence-electron chi connectivity index (χ0n) is 16.4. The van der Waals surface area contributed by atoms with Gasteiger partial charge >= 0.3 is 0 Å². The van der Waals surface area contributed by atoms with Gasteiger partial charge in [-0.1, -0.05) is 55.8 Å². The Morgan fingerprint density at radius 2 is 1.71 bits per heavy atom. The monoisotopic (exact) mass is 380 g/mol. The minimum absolute atomic E-state index is 0.0102. The van der Waals surface area contributed by atoms with Crippen molar-refractivity contribution in [2.75, 3.05) is 13.1 Å². The van der Waals surface area contributed by atoms with Crippen LogP contribution in [0, 0.1) is 23.7 Å². The third-order valence-electron chi connectivity index (χ3n) is 6.46. The van der Waals surface area contributed by atoms with Gasteiger partial charge in [-0.2, -0.15) is 0 Å². The second-order valence-electron chi connectivity index (χ2n) is 8.23. The van der Waals surface area contributed by atoms with Gasteiger partial charge in [0.25, 0.3) is 0 Å². The highest BCUT2D eigenvalue weighted by Crippen LogP contribution is 2.52. The number of carbonyl (C=O) groups excluding carboxylic acids is 3. The normalized spacial score (nSPS) is 27.5. The fourth-order valence-corrected chi connectivity index (χ4v) is 4.99. The van der Waals surface area contributed by atoms with E-state index in [9.17, 15) is 14.4 Å². The van der Waals surface area contributed by atoms with Crippen LogP contribution in [0.15, 0.2) is 42.5 Å². The van der Waals surface area contributed by atoms with Crippen LogP contribution in [0.2, 0.25) is 0 Å². The lowest BCUT2D eigenvalue weighted by Crippen LogP contribution is -2.38. The van der Waals surface area contributed by atoms with Crippen molar-refractivity contribution in [1.29, 1.82) is 0 Å². The average Bonchev–Trinajstić information content (AvgIpc) is 3.38. The van der Waals surface area contributed by atoms with Crippen molar-refractivity contribution in [2.45, 2.75) is 39.2 Å². The van der Waals surface area contributed by atoms with Gasteiger partial charge in [-0.3, -0.25) is 19.3 Å². The van der Waals surface area contributed by atoms with Crippen LogP contribution in [0.4, 0.5) is 0 Å². The van der Waals surface area contributed by atoms with Crippen LogP contribution in [0.1, 0.15) is 38.2 Å². The largest absolute Gasteiger partial charge is 0.338 e. The number of hydrogen-bond acceptors (Lipinski definition) is 3. The van der Waals surface area contributed by atoms with E-state index in [1.165, 1.54) is 4.90 Å². The van der Waals surface area contributed by atoms with Crippen LogP contribution in [0.5, 0.6) is 0 Å². The maximum absolute atomic E-state index is 12.9. The standard InChI is InChI=1S/C23H28N2O3/c1-2-3-12-24(15-16-7-5-4-6-8-16)19(26)11-13-25-22(27)20-17-9-10-18(14-17)21(20)23(25)28/h4-10,17-18,20-21H,2-3,11-15H2,1H3/t17-,18-,20+,21+/m0/s1. The third-order valence-corrected chi connectivity index (χ3v) is 6.46. The second kappa shape index (κ2) is 7.90. The molecule has 5 heteroatoms. The molecule has 1 saturated carbocycles. The Morgan fingerprint density at radius 1 is 1.07 bits per heavy atom. The number of hydrogen-bond donors (Lipinski definition) is 0. The van der Waals surface area contributed by atoms with Crippen LogP contribution in [0.3, 0.4) is 0 Å². The van der Waals surface area contributed by atoms with Gasteiger partial charge in [0.1, 0.15) is 0 Å². The van der Waals surface area contributed by atoms with Gasteiger partial charge < -0.3 is 4.90 Å². The number of imide groups is 1. The van der Waals surface area contributed by atoms with Gasteiger partial charge in [0.2, 0.25) is 17.7 Å². The fraction of sp³-hybridized carbons (Fsp3) is 0.522. The van der Waals surface area contributed by atoms with Gasteiger partial charge in [0, 0.05) is 26.1 Å². The predicted molar refractivity (Wildman–Crippen MR) is 106 cm³/mol. The van der Waals surface area contributed by atoms with Crippen LogP contribution >= 0.6 is 0 Å². The molecule has 2 fully saturated rings. The van der Waals surface area contributed by atoms with Crippen molar-refractivity contribution in [1.82, 2.24) is 9.80 Å². The highest BCUT2D eigenvalue weighted by atomic mass is 16.2. The molecule has 5 nitrogen and oxygen atoms in total. The molecule has 1 saturated heterocycles. The molecule has 3 aliphatic rings. The first kappa shape index (κ1) is 18.9. The number of benzene rings is 1. The number of nitrogens with zero attached hydrogens (tertiary/aromatic N) is 2. The number of amides is 3.